The van der Waals surface area contributed by atoms with Crippen LogP contribution in [0.4, 0.5) is 0 Å². The summed E-state index contributed by atoms with van der Waals surface area (Å²) in [5, 5.41) is 2.77. The number of amides is 1. The van der Waals surface area contributed by atoms with E-state index in [4.69, 9.17) is 6.42 Å². The fraction of sp³-hybridized carbons (Fsp3) is 0.250. The Morgan fingerprint density at radius 2 is 2.13 bits per heavy atom. The maximum Gasteiger partial charge on any atom is 0.252 e. The van der Waals surface area contributed by atoms with E-state index in [1.807, 2.05) is 19.1 Å². The summed E-state index contributed by atoms with van der Waals surface area (Å²) < 4.78 is 1.10. The molecule has 1 aromatic rings. The number of hydrogen-bond donors (Lipinski definition) is 1. The van der Waals surface area contributed by atoms with Crippen molar-refractivity contribution in [3.05, 3.63) is 33.4 Å². The molecule has 1 unspecified atom stereocenters. The maximum absolute atomic E-state index is 11.7. The van der Waals surface area contributed by atoms with E-state index in [-0.39, 0.29) is 11.9 Å². The molecule has 78 valence electrons. The largest absolute Gasteiger partial charge is 0.338 e. The van der Waals surface area contributed by atoms with Crippen LogP contribution in [0.2, 0.25) is 0 Å². The zero-order valence-electron chi connectivity index (χ0n) is 8.46. The van der Waals surface area contributed by atoms with Crippen LogP contribution in [-0.2, 0) is 0 Å². The number of benzene rings is 1. The number of nitrogens with one attached hydrogen (secondary N) is 1. The van der Waals surface area contributed by atoms with Gasteiger partial charge in [-0.2, -0.15) is 0 Å². The van der Waals surface area contributed by atoms with Crippen LogP contribution in [0.5, 0.6) is 0 Å². The Balaban J connectivity index is 2.70. The molecule has 0 bridgehead atoms. The van der Waals surface area contributed by atoms with Crippen molar-refractivity contribution in [3.8, 4) is 12.3 Å². The minimum absolute atomic E-state index is 0.115. The third-order valence-corrected chi connectivity index (χ3v) is 2.74. The van der Waals surface area contributed by atoms with Gasteiger partial charge in [-0.25, -0.2) is 0 Å². The molecule has 1 aromatic carbocycles. The van der Waals surface area contributed by atoms with Gasteiger partial charge in [0, 0.05) is 9.13 Å². The highest BCUT2D eigenvalue weighted by atomic mass is 127. The number of carbonyl (C=O) groups excluding carboxylic acids is 1. The number of rotatable bonds is 3. The third-order valence-electron chi connectivity index (χ3n) is 2.02. The van der Waals surface area contributed by atoms with Crippen LogP contribution in [0.1, 0.15) is 23.7 Å². The average Bonchev–Trinajstić information content (AvgIpc) is 2.26. The van der Waals surface area contributed by atoms with Gasteiger partial charge >= 0.3 is 0 Å². The van der Waals surface area contributed by atoms with Gasteiger partial charge < -0.3 is 5.32 Å². The number of terminal acetylenes is 1. The van der Waals surface area contributed by atoms with Crippen molar-refractivity contribution in [2.75, 3.05) is 0 Å². The van der Waals surface area contributed by atoms with Gasteiger partial charge in [-0.3, -0.25) is 4.79 Å². The first-order valence-electron chi connectivity index (χ1n) is 4.70. The van der Waals surface area contributed by atoms with Crippen LogP contribution in [0.15, 0.2) is 24.3 Å². The first-order chi connectivity index (χ1) is 7.17. The molecule has 1 amide bonds. The maximum atomic E-state index is 11.7. The second-order valence-electron chi connectivity index (χ2n) is 3.11. The summed E-state index contributed by atoms with van der Waals surface area (Å²) in [5.74, 6) is 2.42. The van der Waals surface area contributed by atoms with Gasteiger partial charge in [-0.1, -0.05) is 12.8 Å². The van der Waals surface area contributed by atoms with Crippen LogP contribution < -0.4 is 5.32 Å². The highest BCUT2D eigenvalue weighted by molar-refractivity contribution is 14.1. The molecule has 0 spiro atoms. The Morgan fingerprint density at radius 3 is 2.60 bits per heavy atom. The number of halogens is 1. The molecule has 2 nitrogen and oxygen atoms in total. The van der Waals surface area contributed by atoms with Gasteiger partial charge in [0.2, 0.25) is 0 Å². The normalized spacial score (nSPS) is 11.5. The topological polar surface area (TPSA) is 29.1 Å². The van der Waals surface area contributed by atoms with Gasteiger partial charge in [0.15, 0.2) is 0 Å². The minimum atomic E-state index is -0.184. The molecule has 1 rings (SSSR count). The average molecular weight is 313 g/mol. The molecule has 0 saturated heterocycles. The summed E-state index contributed by atoms with van der Waals surface area (Å²) in [7, 11) is 0. The number of hydrogen-bond acceptors (Lipinski definition) is 1. The predicted molar refractivity (Wildman–Crippen MR) is 69.5 cm³/mol. The van der Waals surface area contributed by atoms with E-state index in [2.05, 4.69) is 33.8 Å². The van der Waals surface area contributed by atoms with Crippen molar-refractivity contribution in [1.29, 1.82) is 0 Å². The van der Waals surface area contributed by atoms with E-state index in [0.717, 1.165) is 9.99 Å². The summed E-state index contributed by atoms with van der Waals surface area (Å²) in [6.07, 6.45) is 6.01. The van der Waals surface area contributed by atoms with E-state index in [0.29, 0.717) is 5.56 Å². The molecule has 0 aliphatic heterocycles. The van der Waals surface area contributed by atoms with Crippen LogP contribution in [0.3, 0.4) is 0 Å². The molecular formula is C12H12INO. The van der Waals surface area contributed by atoms with Crippen molar-refractivity contribution in [2.24, 2.45) is 0 Å². The molecule has 3 heteroatoms. The third kappa shape index (κ3) is 3.56. The monoisotopic (exact) mass is 313 g/mol. The second-order valence-corrected chi connectivity index (χ2v) is 4.35. The van der Waals surface area contributed by atoms with Crippen LogP contribution >= 0.6 is 22.6 Å². The van der Waals surface area contributed by atoms with Gasteiger partial charge in [-0.15, -0.1) is 6.42 Å². The highest BCUT2D eigenvalue weighted by Gasteiger charge is 2.08. The molecule has 0 heterocycles. The Hall–Kier alpha value is -1.02. The van der Waals surface area contributed by atoms with Gasteiger partial charge in [0.05, 0.1) is 6.04 Å². The van der Waals surface area contributed by atoms with Gasteiger partial charge in [-0.05, 0) is 53.3 Å². The molecule has 15 heavy (non-hydrogen) atoms. The fourth-order valence-corrected chi connectivity index (χ4v) is 1.46. The summed E-state index contributed by atoms with van der Waals surface area (Å²) in [6, 6.07) is 7.19. The zero-order valence-corrected chi connectivity index (χ0v) is 10.6. The lowest BCUT2D eigenvalue weighted by atomic mass is 10.2. The molecule has 0 aliphatic carbocycles. The molecule has 0 saturated carbocycles. The van der Waals surface area contributed by atoms with Gasteiger partial charge in [0.25, 0.3) is 5.91 Å². The van der Waals surface area contributed by atoms with E-state index in [1.165, 1.54) is 0 Å². The van der Waals surface area contributed by atoms with Crippen molar-refractivity contribution in [3.63, 3.8) is 0 Å². The van der Waals surface area contributed by atoms with Crippen molar-refractivity contribution < 1.29 is 4.79 Å². The smallest absolute Gasteiger partial charge is 0.252 e. The van der Waals surface area contributed by atoms with E-state index in [1.54, 1.807) is 12.1 Å². The molecule has 1 atom stereocenters. The lowest BCUT2D eigenvalue weighted by Gasteiger charge is -2.10. The van der Waals surface area contributed by atoms with Crippen LogP contribution in [0.25, 0.3) is 0 Å². The lowest BCUT2D eigenvalue weighted by Crippen LogP contribution is -2.33. The summed E-state index contributed by atoms with van der Waals surface area (Å²) >= 11 is 2.20. The highest BCUT2D eigenvalue weighted by Crippen LogP contribution is 2.07. The Kier molecular flexibility index (Phi) is 4.63. The Bertz CT molecular complexity index is 378. The predicted octanol–water partition coefficient (Wildman–Crippen LogP) is 2.43. The number of carbonyl (C=O) groups is 1. The summed E-state index contributed by atoms with van der Waals surface area (Å²) in [4.78, 5) is 11.7. The SMILES string of the molecule is C#CC(CC)NC(=O)c1ccc(I)cc1. The van der Waals surface area contributed by atoms with Crippen LogP contribution in [-0.4, -0.2) is 11.9 Å². The fourth-order valence-electron chi connectivity index (χ4n) is 1.10. The molecule has 0 fully saturated rings. The van der Waals surface area contributed by atoms with Crippen molar-refractivity contribution in [2.45, 2.75) is 19.4 Å². The second kappa shape index (κ2) is 5.76. The van der Waals surface area contributed by atoms with E-state index in [9.17, 15) is 4.79 Å². The quantitative estimate of drug-likeness (QED) is 0.674. The molecule has 0 aromatic heterocycles. The summed E-state index contributed by atoms with van der Waals surface area (Å²) in [5.41, 5.74) is 0.643. The lowest BCUT2D eigenvalue weighted by molar-refractivity contribution is 0.0945. The van der Waals surface area contributed by atoms with Crippen molar-refractivity contribution >= 4 is 28.5 Å². The molecule has 0 radical (unpaired) electrons. The summed E-state index contributed by atoms with van der Waals surface area (Å²) in [6.45, 7) is 1.94. The Morgan fingerprint density at radius 1 is 1.53 bits per heavy atom. The van der Waals surface area contributed by atoms with Crippen molar-refractivity contribution in [1.82, 2.24) is 5.32 Å². The van der Waals surface area contributed by atoms with E-state index < -0.39 is 0 Å². The molecular weight excluding hydrogens is 301 g/mol. The first-order valence-corrected chi connectivity index (χ1v) is 5.77. The van der Waals surface area contributed by atoms with Crippen LogP contribution in [0, 0.1) is 15.9 Å². The van der Waals surface area contributed by atoms with Gasteiger partial charge in [0.1, 0.15) is 0 Å². The minimum Gasteiger partial charge on any atom is -0.338 e. The molecule has 0 aliphatic rings. The molecule has 1 N–H and O–H groups in total. The first kappa shape index (κ1) is 12.1. The Labute approximate surface area is 104 Å². The zero-order chi connectivity index (χ0) is 11.3. The standard InChI is InChI=1S/C12H12INO/c1-3-11(4-2)14-12(15)9-5-7-10(13)8-6-9/h1,5-8,11H,4H2,2H3,(H,14,15). The van der Waals surface area contributed by atoms with E-state index >= 15 is 0 Å².